The van der Waals surface area contributed by atoms with Crippen LogP contribution in [0.4, 0.5) is 0 Å². The maximum absolute atomic E-state index is 14.3. The molecule has 0 bridgehead atoms. The van der Waals surface area contributed by atoms with Gasteiger partial charge in [0.15, 0.2) is 0 Å². The van der Waals surface area contributed by atoms with E-state index in [0.717, 1.165) is 38.5 Å². The zero-order valence-corrected chi connectivity index (χ0v) is 33.7. The fourth-order valence-electron chi connectivity index (χ4n) is 7.72. The Hall–Kier alpha value is -3.55. The summed E-state index contributed by atoms with van der Waals surface area (Å²) >= 11 is 0. The molecule has 0 radical (unpaired) electrons. The first-order valence-corrected chi connectivity index (χ1v) is 19.0. The minimum Gasteiger partial charge on any atom is -0.467 e. The Morgan fingerprint density at radius 2 is 1.58 bits per heavy atom. The molecule has 1 aliphatic carbocycles. The second-order valence-corrected chi connectivity index (χ2v) is 15.5. The van der Waals surface area contributed by atoms with Gasteiger partial charge in [-0.05, 0) is 56.9 Å². The topological polar surface area (TPSA) is 170 Å². The van der Waals surface area contributed by atoms with E-state index in [4.69, 9.17) is 19.9 Å². The van der Waals surface area contributed by atoms with E-state index in [1.165, 1.54) is 14.2 Å². The normalized spacial score (nSPS) is 20.4. The number of hydrogen-bond donors (Lipinski definition) is 3. The summed E-state index contributed by atoms with van der Waals surface area (Å²) in [5.41, 5.74) is 5.60. The van der Waals surface area contributed by atoms with E-state index in [1.54, 1.807) is 63.0 Å². The number of esters is 1. The second-order valence-electron chi connectivity index (χ2n) is 15.5. The summed E-state index contributed by atoms with van der Waals surface area (Å²) in [4.78, 5) is 71.1. The number of ether oxygens (including phenoxy) is 3. The van der Waals surface area contributed by atoms with E-state index >= 15 is 0 Å². The first-order valence-electron chi connectivity index (χ1n) is 19.0. The lowest BCUT2D eigenvalue weighted by atomic mass is 9.80. The third-order valence-corrected chi connectivity index (χ3v) is 10.8. The SMILES string of the molecule is C=CC=C(C=C)CC(NC(=O)C(C)C(OC)C1CCCN1C(=O)CC(OC)C(C1CCCCC1)N(C)C(=O)C(NC(=O)C(C)(C)N)C(C)C)C(=O)OC. The highest BCUT2D eigenvalue weighted by Gasteiger charge is 2.44. The summed E-state index contributed by atoms with van der Waals surface area (Å²) in [5.74, 6) is -2.69. The number of amides is 4. The molecule has 0 aromatic heterocycles. The van der Waals surface area contributed by atoms with Crippen molar-refractivity contribution in [3.63, 3.8) is 0 Å². The molecular formula is C40H67N5O8. The van der Waals surface area contributed by atoms with Crippen LogP contribution in [0, 0.1) is 17.8 Å². The van der Waals surface area contributed by atoms with Gasteiger partial charge in [0.25, 0.3) is 0 Å². The molecule has 1 aliphatic heterocycles. The standard InChI is InChI=1S/C40H67N5O8/c1-12-18-27(13-2)23-29(38(49)53-11)42-36(47)26(5)35(52-10)30-21-17-22-45(30)32(46)24-31(51-9)34(28-19-15-14-16-20-28)44(8)37(48)33(25(3)4)43-39(50)40(6,7)41/h12-13,18,25-26,28-31,33-35H,1-2,14-17,19-24,41H2,3-11H3,(H,42,47)(H,43,50). The molecule has 1 heterocycles. The highest BCUT2D eigenvalue weighted by atomic mass is 16.5. The Balaban J connectivity index is 2.34. The molecule has 0 spiro atoms. The average Bonchev–Trinajstić information content (AvgIpc) is 3.61. The van der Waals surface area contributed by atoms with E-state index < -0.39 is 65.6 Å². The molecule has 53 heavy (non-hydrogen) atoms. The minimum atomic E-state index is -1.17. The van der Waals surface area contributed by atoms with Crippen molar-refractivity contribution in [2.24, 2.45) is 23.5 Å². The van der Waals surface area contributed by atoms with E-state index in [1.807, 2.05) is 13.8 Å². The van der Waals surface area contributed by atoms with Crippen LogP contribution >= 0.6 is 0 Å². The summed E-state index contributed by atoms with van der Waals surface area (Å²) in [6.45, 7) is 16.6. The molecule has 0 aromatic carbocycles. The summed E-state index contributed by atoms with van der Waals surface area (Å²) in [6, 6.07) is -2.59. The molecule has 1 saturated heterocycles. The fraction of sp³-hybridized carbons (Fsp3) is 0.725. The molecule has 4 amide bonds. The van der Waals surface area contributed by atoms with Gasteiger partial charge in [-0.3, -0.25) is 19.2 Å². The van der Waals surface area contributed by atoms with E-state index in [2.05, 4.69) is 23.8 Å². The molecule has 13 heteroatoms. The molecular weight excluding hydrogens is 678 g/mol. The lowest BCUT2D eigenvalue weighted by Gasteiger charge is -2.43. The molecule has 7 unspecified atom stereocenters. The quantitative estimate of drug-likeness (QED) is 0.124. The van der Waals surface area contributed by atoms with E-state index in [-0.39, 0.29) is 36.5 Å². The van der Waals surface area contributed by atoms with Gasteiger partial charge in [0, 0.05) is 34.2 Å². The largest absolute Gasteiger partial charge is 0.467 e. The van der Waals surface area contributed by atoms with Gasteiger partial charge in [-0.25, -0.2) is 4.79 Å². The second kappa shape index (κ2) is 21.4. The van der Waals surface area contributed by atoms with Crippen LogP contribution in [-0.4, -0.2) is 116 Å². The predicted molar refractivity (Wildman–Crippen MR) is 205 cm³/mol. The predicted octanol–water partition coefficient (Wildman–Crippen LogP) is 3.67. The van der Waals surface area contributed by atoms with Crippen molar-refractivity contribution in [2.75, 3.05) is 34.9 Å². The van der Waals surface area contributed by atoms with Crippen LogP contribution in [0.15, 0.2) is 37.0 Å². The molecule has 2 aliphatic rings. The Kier molecular flexibility index (Phi) is 18.4. The lowest BCUT2D eigenvalue weighted by Crippen LogP contribution is -2.61. The van der Waals surface area contributed by atoms with Gasteiger partial charge in [0.1, 0.15) is 12.1 Å². The van der Waals surface area contributed by atoms with Crippen molar-refractivity contribution in [3.8, 4) is 0 Å². The summed E-state index contributed by atoms with van der Waals surface area (Å²) in [6.07, 6.45) is 10.0. The molecule has 1 saturated carbocycles. The number of allylic oxidation sites excluding steroid dienone is 3. The Bertz CT molecular complexity index is 1300. The van der Waals surface area contributed by atoms with Crippen LogP contribution in [-0.2, 0) is 38.2 Å². The Morgan fingerprint density at radius 3 is 2.09 bits per heavy atom. The van der Waals surface area contributed by atoms with Crippen molar-refractivity contribution in [1.29, 1.82) is 0 Å². The fourth-order valence-corrected chi connectivity index (χ4v) is 7.72. The van der Waals surface area contributed by atoms with Crippen molar-refractivity contribution >= 4 is 29.6 Å². The number of likely N-dealkylation sites (tertiary alicyclic amines) is 1. The monoisotopic (exact) mass is 745 g/mol. The molecule has 2 fully saturated rings. The van der Waals surface area contributed by atoms with Gasteiger partial charge in [-0.1, -0.05) is 71.4 Å². The smallest absolute Gasteiger partial charge is 0.328 e. The first-order chi connectivity index (χ1) is 25.0. The molecule has 7 atom stereocenters. The van der Waals surface area contributed by atoms with Gasteiger partial charge in [0.2, 0.25) is 23.6 Å². The molecule has 300 valence electrons. The summed E-state index contributed by atoms with van der Waals surface area (Å²) in [5, 5.41) is 5.68. The van der Waals surface area contributed by atoms with Gasteiger partial charge in [-0.15, -0.1) is 0 Å². The highest BCUT2D eigenvalue weighted by Crippen LogP contribution is 2.34. The zero-order chi connectivity index (χ0) is 40.0. The minimum absolute atomic E-state index is 0.0156. The molecule has 4 N–H and O–H groups in total. The van der Waals surface area contributed by atoms with Gasteiger partial charge < -0.3 is 40.4 Å². The third-order valence-electron chi connectivity index (χ3n) is 10.8. The van der Waals surface area contributed by atoms with Crippen LogP contribution in [0.5, 0.6) is 0 Å². The van der Waals surface area contributed by atoms with Crippen LogP contribution in [0.1, 0.15) is 92.4 Å². The van der Waals surface area contributed by atoms with Crippen molar-refractivity contribution in [2.45, 2.75) is 134 Å². The van der Waals surface area contributed by atoms with E-state index in [0.29, 0.717) is 18.5 Å². The van der Waals surface area contributed by atoms with Crippen LogP contribution in [0.2, 0.25) is 0 Å². The van der Waals surface area contributed by atoms with Crippen LogP contribution in [0.3, 0.4) is 0 Å². The van der Waals surface area contributed by atoms with Crippen molar-refractivity contribution < 1.29 is 38.2 Å². The summed E-state index contributed by atoms with van der Waals surface area (Å²) in [7, 11) is 6.08. The number of carbonyl (C=O) groups excluding carboxylic acids is 5. The Morgan fingerprint density at radius 1 is 0.943 bits per heavy atom. The lowest BCUT2D eigenvalue weighted by molar-refractivity contribution is -0.149. The van der Waals surface area contributed by atoms with Gasteiger partial charge >= 0.3 is 5.97 Å². The number of likely N-dealkylation sites (N-methyl/N-ethyl adjacent to an activating group) is 1. The third kappa shape index (κ3) is 12.5. The van der Waals surface area contributed by atoms with Crippen LogP contribution in [0.25, 0.3) is 0 Å². The van der Waals surface area contributed by atoms with Crippen molar-refractivity contribution in [1.82, 2.24) is 20.4 Å². The average molecular weight is 746 g/mol. The number of nitrogens with two attached hydrogens (primary N) is 1. The first kappa shape index (κ1) is 45.6. The number of nitrogens with zero attached hydrogens (tertiary/aromatic N) is 2. The maximum atomic E-state index is 14.3. The van der Waals surface area contributed by atoms with Crippen LogP contribution < -0.4 is 16.4 Å². The van der Waals surface area contributed by atoms with Gasteiger partial charge in [0.05, 0.1) is 49.3 Å². The highest BCUT2D eigenvalue weighted by molar-refractivity contribution is 5.92. The van der Waals surface area contributed by atoms with E-state index in [9.17, 15) is 24.0 Å². The number of nitrogens with one attached hydrogen (secondary N) is 2. The van der Waals surface area contributed by atoms with Crippen molar-refractivity contribution in [3.05, 3.63) is 37.0 Å². The number of rotatable bonds is 20. The summed E-state index contributed by atoms with van der Waals surface area (Å²) < 4.78 is 17.0. The molecule has 0 aromatic rings. The number of methoxy groups -OCH3 is 3. The Labute approximate surface area is 317 Å². The zero-order valence-electron chi connectivity index (χ0n) is 33.7. The van der Waals surface area contributed by atoms with Gasteiger partial charge in [-0.2, -0.15) is 0 Å². The number of carbonyl (C=O) groups is 5. The maximum Gasteiger partial charge on any atom is 0.328 e. The molecule has 2 rings (SSSR count). The molecule has 13 nitrogen and oxygen atoms in total. The number of hydrogen-bond acceptors (Lipinski definition) is 9.